The van der Waals surface area contributed by atoms with Gasteiger partial charge in [0.05, 0.1) is 5.56 Å². The zero-order valence-corrected chi connectivity index (χ0v) is 19.2. The molecule has 0 radical (unpaired) electrons. The van der Waals surface area contributed by atoms with Crippen LogP contribution in [0.1, 0.15) is 78.7 Å². The lowest BCUT2D eigenvalue weighted by atomic mass is 9.62. The Morgan fingerprint density at radius 3 is 1.84 bits per heavy atom. The summed E-state index contributed by atoms with van der Waals surface area (Å²) in [5.74, 6) is -0.967. The Balaban J connectivity index is 2.13. The van der Waals surface area contributed by atoms with Crippen LogP contribution in [0.15, 0.2) is 41.8 Å². The van der Waals surface area contributed by atoms with E-state index in [9.17, 15) is 13.2 Å². The van der Waals surface area contributed by atoms with Crippen molar-refractivity contribution in [3.05, 3.63) is 75.2 Å². The van der Waals surface area contributed by atoms with Gasteiger partial charge < -0.3 is 5.11 Å². The Labute approximate surface area is 184 Å². The van der Waals surface area contributed by atoms with E-state index in [-0.39, 0.29) is 16.4 Å². The fraction of sp³-hybridized carbons (Fsp3) is 0.320. The molecule has 3 N–H and O–H groups in total. The molecule has 31 heavy (non-hydrogen) atoms. The Morgan fingerprint density at radius 2 is 1.39 bits per heavy atom. The van der Waals surface area contributed by atoms with E-state index in [1.165, 1.54) is 11.1 Å². The SMILES string of the molecule is CC1(C)CCC(C)(C)c2cc(/C=C/S(N)(=O)=O)c(/C=C/c3ccc(C(=O)O)cc3)cc21. The smallest absolute Gasteiger partial charge is 0.335 e. The third-order valence-electron chi connectivity index (χ3n) is 6.11. The molecular formula is C25H29NO4S. The maximum absolute atomic E-state index is 11.5. The number of primary sulfonamides is 1. The Hall–Kier alpha value is -2.70. The number of rotatable bonds is 5. The highest BCUT2D eigenvalue weighted by Crippen LogP contribution is 2.46. The maximum atomic E-state index is 11.5. The van der Waals surface area contributed by atoms with E-state index < -0.39 is 16.0 Å². The first-order valence-electron chi connectivity index (χ1n) is 10.2. The summed E-state index contributed by atoms with van der Waals surface area (Å²) in [7, 11) is -3.75. The first kappa shape index (κ1) is 23.0. The van der Waals surface area contributed by atoms with Gasteiger partial charge in [-0.05, 0) is 69.7 Å². The number of carboxylic acids is 1. The zero-order valence-electron chi connectivity index (χ0n) is 18.3. The van der Waals surface area contributed by atoms with Gasteiger partial charge in [0.2, 0.25) is 10.0 Å². The van der Waals surface area contributed by atoms with Crippen molar-refractivity contribution in [2.75, 3.05) is 0 Å². The number of nitrogens with two attached hydrogens (primary N) is 1. The molecule has 1 aliphatic carbocycles. The first-order valence-corrected chi connectivity index (χ1v) is 11.8. The molecular weight excluding hydrogens is 410 g/mol. The summed E-state index contributed by atoms with van der Waals surface area (Å²) in [4.78, 5) is 11.1. The summed E-state index contributed by atoms with van der Waals surface area (Å²) in [5.41, 5.74) is 5.22. The zero-order chi connectivity index (χ0) is 23.0. The van der Waals surface area contributed by atoms with Gasteiger partial charge in [0.15, 0.2) is 0 Å². The van der Waals surface area contributed by atoms with Crippen LogP contribution in [0, 0.1) is 0 Å². The van der Waals surface area contributed by atoms with Crippen LogP contribution in [0.2, 0.25) is 0 Å². The molecule has 0 unspecified atom stereocenters. The summed E-state index contributed by atoms with van der Waals surface area (Å²) < 4.78 is 23.1. The van der Waals surface area contributed by atoms with Crippen LogP contribution in [0.4, 0.5) is 0 Å². The van der Waals surface area contributed by atoms with Gasteiger partial charge in [0.1, 0.15) is 0 Å². The van der Waals surface area contributed by atoms with Gasteiger partial charge in [-0.3, -0.25) is 0 Å². The molecule has 0 atom stereocenters. The van der Waals surface area contributed by atoms with Crippen molar-refractivity contribution in [1.29, 1.82) is 0 Å². The topological polar surface area (TPSA) is 97.5 Å². The number of hydrogen-bond donors (Lipinski definition) is 2. The van der Waals surface area contributed by atoms with Gasteiger partial charge in [-0.25, -0.2) is 18.4 Å². The van der Waals surface area contributed by atoms with Crippen LogP contribution in [0.5, 0.6) is 0 Å². The van der Waals surface area contributed by atoms with E-state index in [1.54, 1.807) is 30.3 Å². The van der Waals surface area contributed by atoms with Gasteiger partial charge in [-0.2, -0.15) is 0 Å². The van der Waals surface area contributed by atoms with E-state index >= 15 is 0 Å². The molecule has 0 aliphatic heterocycles. The van der Waals surface area contributed by atoms with Crippen LogP contribution in [-0.2, 0) is 20.9 Å². The summed E-state index contributed by atoms with van der Waals surface area (Å²) in [6.45, 7) is 8.90. The Bertz CT molecular complexity index is 1170. The number of hydrogen-bond acceptors (Lipinski definition) is 3. The van der Waals surface area contributed by atoms with Crippen LogP contribution in [0.3, 0.4) is 0 Å². The molecule has 0 spiro atoms. The average Bonchev–Trinajstić information content (AvgIpc) is 2.68. The fourth-order valence-corrected chi connectivity index (χ4v) is 4.36. The lowest BCUT2D eigenvalue weighted by Gasteiger charge is -2.42. The molecule has 1 aliphatic rings. The normalized spacial score (nSPS) is 17.7. The van der Waals surface area contributed by atoms with Gasteiger partial charge in [0.25, 0.3) is 0 Å². The maximum Gasteiger partial charge on any atom is 0.335 e. The van der Waals surface area contributed by atoms with Crippen molar-refractivity contribution in [2.45, 2.75) is 51.4 Å². The summed E-state index contributed by atoms with van der Waals surface area (Å²) in [6.07, 6.45) is 7.48. The minimum atomic E-state index is -3.75. The third kappa shape index (κ3) is 5.32. The molecule has 0 saturated heterocycles. The molecule has 0 aromatic heterocycles. The molecule has 0 saturated carbocycles. The number of aromatic carboxylic acids is 1. The molecule has 6 heteroatoms. The number of benzene rings is 2. The van der Waals surface area contributed by atoms with Crippen LogP contribution >= 0.6 is 0 Å². The molecule has 0 heterocycles. The van der Waals surface area contributed by atoms with Gasteiger partial charge in [-0.15, -0.1) is 0 Å². The fourth-order valence-electron chi connectivity index (χ4n) is 4.03. The lowest BCUT2D eigenvalue weighted by molar-refractivity contribution is 0.0697. The Morgan fingerprint density at radius 1 is 0.903 bits per heavy atom. The third-order valence-corrected chi connectivity index (χ3v) is 6.62. The standard InChI is InChI=1S/C25H29NO4S/c1-24(2)12-13-25(3,4)22-16-20(11-14-31(26,29)30)19(15-21(22)24)10-7-17-5-8-18(9-6-17)23(27)28/h5-11,14-16H,12-13H2,1-4H3,(H,27,28)(H2,26,29,30)/b10-7+,14-11+. The highest BCUT2D eigenvalue weighted by atomic mass is 32.2. The highest BCUT2D eigenvalue weighted by molar-refractivity contribution is 7.92. The molecule has 5 nitrogen and oxygen atoms in total. The minimum absolute atomic E-state index is 0.00998. The second-order valence-corrected chi connectivity index (χ2v) is 10.9. The Kier molecular flexibility index (Phi) is 6.00. The summed E-state index contributed by atoms with van der Waals surface area (Å²) in [6, 6.07) is 10.8. The predicted octanol–water partition coefficient (Wildman–Crippen LogP) is 5.16. The van der Waals surface area contributed by atoms with Crippen LogP contribution < -0.4 is 5.14 Å². The number of fused-ring (bicyclic) bond motifs is 1. The molecule has 2 aromatic carbocycles. The second kappa shape index (κ2) is 8.09. The quantitative estimate of drug-likeness (QED) is 0.629. The van der Waals surface area contributed by atoms with Crippen molar-refractivity contribution in [3.63, 3.8) is 0 Å². The predicted molar refractivity (Wildman–Crippen MR) is 126 cm³/mol. The van der Waals surface area contributed by atoms with Crippen molar-refractivity contribution < 1.29 is 18.3 Å². The van der Waals surface area contributed by atoms with Gasteiger partial charge >= 0.3 is 5.97 Å². The largest absolute Gasteiger partial charge is 0.478 e. The average molecular weight is 440 g/mol. The molecule has 164 valence electrons. The molecule has 0 fully saturated rings. The first-order chi connectivity index (χ1) is 14.3. The van der Waals surface area contributed by atoms with Crippen LogP contribution in [-0.4, -0.2) is 19.5 Å². The van der Waals surface area contributed by atoms with Gasteiger partial charge in [-0.1, -0.05) is 64.1 Å². The lowest BCUT2D eigenvalue weighted by Crippen LogP contribution is -2.34. The molecule has 0 bridgehead atoms. The monoisotopic (exact) mass is 439 g/mol. The molecule has 0 amide bonds. The summed E-state index contributed by atoms with van der Waals surface area (Å²) >= 11 is 0. The number of sulfonamides is 1. The van der Waals surface area contributed by atoms with Crippen molar-refractivity contribution in [1.82, 2.24) is 0 Å². The van der Waals surface area contributed by atoms with Crippen molar-refractivity contribution in [3.8, 4) is 0 Å². The summed E-state index contributed by atoms with van der Waals surface area (Å²) in [5, 5.41) is 15.3. The minimum Gasteiger partial charge on any atom is -0.478 e. The van der Waals surface area contributed by atoms with Crippen molar-refractivity contribution >= 4 is 34.2 Å². The van der Waals surface area contributed by atoms with E-state index in [2.05, 4.69) is 39.8 Å². The van der Waals surface area contributed by atoms with E-state index in [0.29, 0.717) is 0 Å². The number of carbonyl (C=O) groups is 1. The number of carboxylic acid groups (broad SMARTS) is 1. The molecule has 3 rings (SSSR count). The van der Waals surface area contributed by atoms with Crippen molar-refractivity contribution in [2.24, 2.45) is 5.14 Å². The van der Waals surface area contributed by atoms with Crippen LogP contribution in [0.25, 0.3) is 18.2 Å². The highest BCUT2D eigenvalue weighted by Gasteiger charge is 2.37. The second-order valence-electron chi connectivity index (χ2n) is 9.45. The van der Waals surface area contributed by atoms with E-state index in [1.807, 2.05) is 12.2 Å². The van der Waals surface area contributed by atoms with E-state index in [4.69, 9.17) is 10.2 Å². The van der Waals surface area contributed by atoms with Gasteiger partial charge in [0, 0.05) is 5.41 Å². The van der Waals surface area contributed by atoms with E-state index in [0.717, 1.165) is 34.9 Å². The molecule has 2 aromatic rings.